The molecule has 0 fully saturated rings. The van der Waals surface area contributed by atoms with Crippen molar-refractivity contribution in [3.05, 3.63) is 0 Å². The van der Waals surface area contributed by atoms with Crippen LogP contribution in [0.3, 0.4) is 0 Å². The molecule has 6 nitrogen and oxygen atoms in total. The normalized spacial score (nSPS) is 11.3. The molecule has 0 saturated heterocycles. The van der Waals surface area contributed by atoms with E-state index in [-0.39, 0.29) is 48.3 Å². The number of carbonyl (C=O) groups is 3. The fraction of sp³-hybridized carbons (Fsp3) is 0.812. The fourth-order valence-corrected chi connectivity index (χ4v) is 2.21. The van der Waals surface area contributed by atoms with Gasteiger partial charge in [0.15, 0.2) is 0 Å². The van der Waals surface area contributed by atoms with Crippen molar-refractivity contribution in [2.75, 3.05) is 0 Å². The number of carboxylic acid groups (broad SMARTS) is 2. The maximum atomic E-state index is 11.7. The van der Waals surface area contributed by atoms with Gasteiger partial charge in [-0.05, 0) is 12.8 Å². The van der Waals surface area contributed by atoms with Crippen molar-refractivity contribution in [1.29, 1.82) is 0 Å². The Hall–Kier alpha value is -0.590. The zero-order valence-electron chi connectivity index (χ0n) is 13.5. The van der Waals surface area contributed by atoms with Crippen LogP contribution < -0.4 is 5.32 Å². The molecule has 0 aromatic rings. The summed E-state index contributed by atoms with van der Waals surface area (Å²) in [7, 11) is 0. The number of carboxylic acids is 2. The van der Waals surface area contributed by atoms with Crippen LogP contribution in [0.2, 0.25) is 0 Å². The quantitative estimate of drug-likeness (QED) is 0.333. The van der Waals surface area contributed by atoms with E-state index in [0.29, 0.717) is 6.42 Å². The molecule has 3 N–H and O–H groups in total. The van der Waals surface area contributed by atoms with E-state index in [9.17, 15) is 14.4 Å². The predicted molar refractivity (Wildman–Crippen MR) is 90.8 cm³/mol. The Labute approximate surface area is 160 Å². The van der Waals surface area contributed by atoms with Crippen LogP contribution in [-0.4, -0.2) is 63.7 Å². The first-order chi connectivity index (χ1) is 10.5. The molecule has 0 rings (SSSR count). The number of rotatable bonds is 14. The summed E-state index contributed by atoms with van der Waals surface area (Å²) in [5.74, 6) is -2.57. The average molecular weight is 339 g/mol. The Morgan fingerprint density at radius 1 is 0.870 bits per heavy atom. The monoisotopic (exact) mass is 339 g/mol. The zero-order chi connectivity index (χ0) is 16.8. The molecule has 1 amide bonds. The average Bonchev–Trinajstić information content (AvgIpc) is 2.45. The van der Waals surface area contributed by atoms with Crippen molar-refractivity contribution in [3.8, 4) is 0 Å². The minimum absolute atomic E-state index is 0. The molecule has 0 aromatic heterocycles. The fourth-order valence-electron chi connectivity index (χ4n) is 2.21. The summed E-state index contributed by atoms with van der Waals surface area (Å²) in [5, 5.41) is 19.9. The second-order valence-corrected chi connectivity index (χ2v) is 5.62. The minimum atomic E-state index is -1.19. The van der Waals surface area contributed by atoms with Crippen molar-refractivity contribution in [3.63, 3.8) is 0 Å². The SMILES string of the molecule is CCCCCCCCCCC(=O)N[C@@H](CCC(=O)O)C(=O)O.[NaH]. The molecule has 23 heavy (non-hydrogen) atoms. The van der Waals surface area contributed by atoms with Crippen LogP contribution in [0.4, 0.5) is 0 Å². The molecule has 1 atom stereocenters. The van der Waals surface area contributed by atoms with Gasteiger partial charge in [0, 0.05) is 12.8 Å². The molecule has 0 radical (unpaired) electrons. The molecule has 0 aliphatic heterocycles. The summed E-state index contributed by atoms with van der Waals surface area (Å²) >= 11 is 0. The van der Waals surface area contributed by atoms with Crippen molar-refractivity contribution in [1.82, 2.24) is 5.32 Å². The van der Waals surface area contributed by atoms with Gasteiger partial charge in [-0.25, -0.2) is 4.79 Å². The van der Waals surface area contributed by atoms with E-state index in [2.05, 4.69) is 12.2 Å². The van der Waals surface area contributed by atoms with Crippen LogP contribution in [0.1, 0.15) is 77.6 Å². The van der Waals surface area contributed by atoms with Gasteiger partial charge in [-0.15, -0.1) is 0 Å². The molecule has 7 heteroatoms. The van der Waals surface area contributed by atoms with Gasteiger partial charge < -0.3 is 15.5 Å². The van der Waals surface area contributed by atoms with Crippen LogP contribution in [0.15, 0.2) is 0 Å². The van der Waals surface area contributed by atoms with E-state index in [4.69, 9.17) is 10.2 Å². The molecule has 0 heterocycles. The van der Waals surface area contributed by atoms with Crippen LogP contribution in [0, 0.1) is 0 Å². The summed E-state index contributed by atoms with van der Waals surface area (Å²) < 4.78 is 0. The second kappa shape index (κ2) is 16.3. The van der Waals surface area contributed by atoms with Gasteiger partial charge in [0.25, 0.3) is 0 Å². The molecule has 0 aliphatic carbocycles. The molecular weight excluding hydrogens is 309 g/mol. The predicted octanol–water partition coefficient (Wildman–Crippen LogP) is 2.30. The second-order valence-electron chi connectivity index (χ2n) is 5.62. The van der Waals surface area contributed by atoms with Crippen LogP contribution in [0.5, 0.6) is 0 Å². The summed E-state index contributed by atoms with van der Waals surface area (Å²) in [6.45, 7) is 2.18. The van der Waals surface area contributed by atoms with Crippen molar-refractivity contribution < 1.29 is 24.6 Å². The molecule has 130 valence electrons. The summed E-state index contributed by atoms with van der Waals surface area (Å²) in [6, 6.07) is -1.11. The number of hydrogen-bond acceptors (Lipinski definition) is 3. The number of aliphatic carboxylic acids is 2. The maximum absolute atomic E-state index is 11.7. The van der Waals surface area contributed by atoms with Gasteiger partial charge in [-0.1, -0.05) is 51.9 Å². The standard InChI is InChI=1S/C16H29NO5.Na.H/c1-2-3-4-5-6-7-8-9-10-14(18)17-13(16(21)22)11-12-15(19)20;;/h13H,2-12H2,1H3,(H,17,18)(H,19,20)(H,21,22);;/t13-;;/m0../s1. The molecule has 0 aliphatic rings. The third-order valence-electron chi connectivity index (χ3n) is 3.54. The van der Waals surface area contributed by atoms with Gasteiger partial charge in [0.2, 0.25) is 5.91 Å². The Balaban J connectivity index is 0. The van der Waals surface area contributed by atoms with Crippen LogP contribution >= 0.6 is 0 Å². The zero-order valence-corrected chi connectivity index (χ0v) is 13.5. The van der Waals surface area contributed by atoms with E-state index in [1.54, 1.807) is 0 Å². The van der Waals surface area contributed by atoms with Gasteiger partial charge in [-0.2, -0.15) is 0 Å². The van der Waals surface area contributed by atoms with E-state index in [1.807, 2.05) is 0 Å². The molecule has 0 unspecified atom stereocenters. The van der Waals surface area contributed by atoms with E-state index in [1.165, 1.54) is 32.1 Å². The molecule has 0 spiro atoms. The first-order valence-corrected chi connectivity index (χ1v) is 8.21. The molecule has 0 saturated carbocycles. The van der Waals surface area contributed by atoms with Gasteiger partial charge in [0.05, 0.1) is 0 Å². The summed E-state index contributed by atoms with van der Waals surface area (Å²) in [4.78, 5) is 33.0. The molecular formula is C16H30NNaO5. The Bertz CT molecular complexity index is 349. The molecule has 0 aromatic carbocycles. The van der Waals surface area contributed by atoms with Crippen LogP contribution in [0.25, 0.3) is 0 Å². The first kappa shape index (κ1) is 24.7. The van der Waals surface area contributed by atoms with Crippen molar-refractivity contribution >= 4 is 47.4 Å². The first-order valence-electron chi connectivity index (χ1n) is 8.21. The summed E-state index contributed by atoms with van der Waals surface area (Å²) in [6.07, 6.45) is 8.92. The number of unbranched alkanes of at least 4 members (excludes halogenated alkanes) is 7. The van der Waals surface area contributed by atoms with E-state index < -0.39 is 18.0 Å². The number of nitrogens with one attached hydrogen (secondary N) is 1. The third-order valence-corrected chi connectivity index (χ3v) is 3.54. The van der Waals surface area contributed by atoms with E-state index >= 15 is 0 Å². The Kier molecular flexibility index (Phi) is 17.4. The Morgan fingerprint density at radius 2 is 1.39 bits per heavy atom. The third kappa shape index (κ3) is 16.1. The van der Waals surface area contributed by atoms with E-state index in [0.717, 1.165) is 19.3 Å². The van der Waals surface area contributed by atoms with Crippen molar-refractivity contribution in [2.45, 2.75) is 83.6 Å². The van der Waals surface area contributed by atoms with Gasteiger partial charge in [-0.3, -0.25) is 9.59 Å². The van der Waals surface area contributed by atoms with Gasteiger partial charge in [0.1, 0.15) is 6.04 Å². The van der Waals surface area contributed by atoms with Gasteiger partial charge >= 0.3 is 41.5 Å². The number of amides is 1. The number of hydrogen-bond donors (Lipinski definition) is 3. The van der Waals surface area contributed by atoms with Crippen molar-refractivity contribution in [2.24, 2.45) is 0 Å². The van der Waals surface area contributed by atoms with Crippen LogP contribution in [-0.2, 0) is 14.4 Å². The molecule has 0 bridgehead atoms. The number of carbonyl (C=O) groups excluding carboxylic acids is 1. The topological polar surface area (TPSA) is 104 Å². The Morgan fingerprint density at radius 3 is 1.87 bits per heavy atom. The summed E-state index contributed by atoms with van der Waals surface area (Å²) in [5.41, 5.74) is 0.